The summed E-state index contributed by atoms with van der Waals surface area (Å²) in [4.78, 5) is 24.1. The van der Waals surface area contributed by atoms with Crippen LogP contribution in [0.15, 0.2) is 30.5 Å². The molecular formula is C18H25N7O3. The van der Waals surface area contributed by atoms with Crippen molar-refractivity contribution in [2.45, 2.75) is 33.0 Å². The topological polar surface area (TPSA) is 159 Å². The van der Waals surface area contributed by atoms with Gasteiger partial charge in [0.05, 0.1) is 31.6 Å². The van der Waals surface area contributed by atoms with Gasteiger partial charge >= 0.3 is 6.03 Å². The van der Waals surface area contributed by atoms with Crippen LogP contribution in [0.4, 0.5) is 10.5 Å². The van der Waals surface area contributed by atoms with Crippen molar-refractivity contribution in [1.29, 1.82) is 5.41 Å². The molecule has 1 heterocycles. The number of ketones is 1. The van der Waals surface area contributed by atoms with Crippen molar-refractivity contribution in [2.75, 3.05) is 12.3 Å². The molecule has 1 aromatic heterocycles. The number of anilines is 1. The van der Waals surface area contributed by atoms with Gasteiger partial charge in [0.1, 0.15) is 5.69 Å². The van der Waals surface area contributed by atoms with Gasteiger partial charge in [-0.1, -0.05) is 24.3 Å². The van der Waals surface area contributed by atoms with Gasteiger partial charge in [0.15, 0.2) is 5.78 Å². The van der Waals surface area contributed by atoms with Crippen molar-refractivity contribution < 1.29 is 14.7 Å². The quantitative estimate of drug-likeness (QED) is 0.294. The third-order valence-electron chi connectivity index (χ3n) is 4.20. The fourth-order valence-electron chi connectivity index (χ4n) is 2.51. The zero-order chi connectivity index (χ0) is 20.5. The van der Waals surface area contributed by atoms with Crippen LogP contribution in [0.1, 0.15) is 24.6 Å². The maximum atomic E-state index is 12.2. The summed E-state index contributed by atoms with van der Waals surface area (Å²) in [5.41, 5.74) is 7.47. The Labute approximate surface area is 162 Å². The number of hydrogen-bond donors (Lipinski definition) is 5. The van der Waals surface area contributed by atoms with Crippen LogP contribution < -0.4 is 16.4 Å². The smallest absolute Gasteiger partial charge is 0.315 e. The molecule has 0 unspecified atom stereocenters. The summed E-state index contributed by atoms with van der Waals surface area (Å²) in [5, 5.41) is 29.9. The summed E-state index contributed by atoms with van der Waals surface area (Å²) in [5.74, 6) is -0.822. The number of aliphatic hydroxyl groups is 1. The molecule has 0 radical (unpaired) electrons. The molecule has 0 aliphatic carbocycles. The molecule has 0 fully saturated rings. The standard InChI is InChI=1S/C18H25N7O3/c1-2-13(9-25-10-15(11-26)23-24-25)17(20)16(27)8-22-18(28)21-7-12-3-5-14(19)6-4-12/h3-6,10,13,20,26H,2,7-9,11,19H2,1H3,(H2,21,22,28)/t13-/m1/s1. The number of carbonyl (C=O) groups excluding carboxylic acids is 2. The summed E-state index contributed by atoms with van der Waals surface area (Å²) < 4.78 is 1.49. The molecule has 6 N–H and O–H groups in total. The van der Waals surface area contributed by atoms with Gasteiger partial charge < -0.3 is 26.9 Å². The molecule has 2 aromatic rings. The minimum absolute atomic E-state index is 0.0811. The normalized spacial score (nSPS) is 11.6. The van der Waals surface area contributed by atoms with Crippen LogP contribution in [0.5, 0.6) is 0 Å². The summed E-state index contributed by atoms with van der Waals surface area (Å²) >= 11 is 0. The SMILES string of the molecule is CC[C@H](Cn1cc(CO)nn1)C(=N)C(=O)CNC(=O)NCc1ccc(N)cc1. The molecule has 0 saturated carbocycles. The number of urea groups is 1. The number of aromatic nitrogens is 3. The molecule has 1 atom stereocenters. The fourth-order valence-corrected chi connectivity index (χ4v) is 2.51. The van der Waals surface area contributed by atoms with Crippen molar-refractivity contribution in [3.8, 4) is 0 Å². The number of benzene rings is 1. The number of carbonyl (C=O) groups is 2. The summed E-state index contributed by atoms with van der Waals surface area (Å²) in [6.45, 7) is 1.99. The van der Waals surface area contributed by atoms with Crippen molar-refractivity contribution in [3.63, 3.8) is 0 Å². The Bertz CT molecular complexity index is 817. The van der Waals surface area contributed by atoms with E-state index in [1.165, 1.54) is 4.68 Å². The van der Waals surface area contributed by atoms with E-state index >= 15 is 0 Å². The second-order valence-corrected chi connectivity index (χ2v) is 6.31. The molecular weight excluding hydrogens is 362 g/mol. The van der Waals surface area contributed by atoms with Gasteiger partial charge in [-0.05, 0) is 24.1 Å². The molecule has 1 aromatic carbocycles. The van der Waals surface area contributed by atoms with Gasteiger partial charge in [-0.15, -0.1) is 5.10 Å². The molecule has 10 nitrogen and oxygen atoms in total. The van der Waals surface area contributed by atoms with E-state index in [1.807, 2.05) is 6.92 Å². The van der Waals surface area contributed by atoms with Gasteiger partial charge in [-0.2, -0.15) is 0 Å². The second kappa shape index (κ2) is 10.2. The number of nitrogens with zero attached hydrogens (tertiary/aromatic N) is 3. The average Bonchev–Trinajstić information content (AvgIpc) is 3.17. The van der Waals surface area contributed by atoms with Crippen LogP contribution in [0.2, 0.25) is 0 Å². The first-order valence-electron chi connectivity index (χ1n) is 8.90. The van der Waals surface area contributed by atoms with E-state index in [1.54, 1.807) is 30.5 Å². The molecule has 0 aliphatic heterocycles. The predicted molar refractivity (Wildman–Crippen MR) is 104 cm³/mol. The molecule has 0 spiro atoms. The number of amides is 2. The van der Waals surface area contributed by atoms with E-state index in [0.29, 0.717) is 30.9 Å². The largest absolute Gasteiger partial charge is 0.399 e. The van der Waals surface area contributed by atoms with Gasteiger partial charge in [0.25, 0.3) is 0 Å². The predicted octanol–water partition coefficient (Wildman–Crippen LogP) is 0.467. The van der Waals surface area contributed by atoms with Crippen molar-refractivity contribution in [2.24, 2.45) is 5.92 Å². The maximum Gasteiger partial charge on any atom is 0.315 e. The monoisotopic (exact) mass is 387 g/mol. The van der Waals surface area contributed by atoms with Gasteiger partial charge in [0.2, 0.25) is 0 Å². The lowest BCUT2D eigenvalue weighted by Crippen LogP contribution is -2.41. The zero-order valence-electron chi connectivity index (χ0n) is 15.7. The van der Waals surface area contributed by atoms with Crippen LogP contribution in [0.3, 0.4) is 0 Å². The molecule has 2 amide bonds. The van der Waals surface area contributed by atoms with Crippen LogP contribution in [0.25, 0.3) is 0 Å². The molecule has 0 bridgehead atoms. The Morgan fingerprint density at radius 3 is 2.61 bits per heavy atom. The van der Waals surface area contributed by atoms with Gasteiger partial charge in [-0.25, -0.2) is 4.79 Å². The van der Waals surface area contributed by atoms with Crippen molar-refractivity contribution in [1.82, 2.24) is 25.6 Å². The van der Waals surface area contributed by atoms with E-state index in [2.05, 4.69) is 20.9 Å². The summed E-state index contributed by atoms with van der Waals surface area (Å²) in [6, 6.07) is 6.59. The van der Waals surface area contributed by atoms with Crippen molar-refractivity contribution in [3.05, 3.63) is 41.7 Å². The van der Waals surface area contributed by atoms with Gasteiger partial charge in [0, 0.05) is 18.2 Å². The first-order valence-corrected chi connectivity index (χ1v) is 8.90. The van der Waals surface area contributed by atoms with E-state index in [-0.39, 0.29) is 24.8 Å². The number of nitrogens with two attached hydrogens (primary N) is 1. The second-order valence-electron chi connectivity index (χ2n) is 6.31. The Kier molecular flexibility index (Phi) is 7.64. The van der Waals surface area contributed by atoms with Crippen LogP contribution in [-0.4, -0.2) is 44.2 Å². The summed E-state index contributed by atoms with van der Waals surface area (Å²) in [6.07, 6.45) is 2.13. The Balaban J connectivity index is 1.78. The molecule has 10 heteroatoms. The fraction of sp³-hybridized carbons (Fsp3) is 0.389. The number of hydrogen-bond acceptors (Lipinski definition) is 7. The Morgan fingerprint density at radius 2 is 2.00 bits per heavy atom. The molecule has 28 heavy (non-hydrogen) atoms. The van der Waals surface area contributed by atoms with E-state index in [9.17, 15) is 9.59 Å². The van der Waals surface area contributed by atoms with E-state index in [0.717, 1.165) is 5.56 Å². The molecule has 2 rings (SSSR count). The van der Waals surface area contributed by atoms with E-state index < -0.39 is 11.8 Å². The van der Waals surface area contributed by atoms with Gasteiger partial charge in [-0.3, -0.25) is 9.48 Å². The highest BCUT2D eigenvalue weighted by atomic mass is 16.3. The minimum Gasteiger partial charge on any atom is -0.399 e. The highest BCUT2D eigenvalue weighted by Crippen LogP contribution is 2.09. The third kappa shape index (κ3) is 6.16. The third-order valence-corrected chi connectivity index (χ3v) is 4.20. The molecule has 150 valence electrons. The first kappa shape index (κ1) is 21.0. The number of Topliss-reactive ketones (excluding diaryl/α,β-unsaturated/α-hetero) is 1. The van der Waals surface area contributed by atoms with Crippen LogP contribution in [-0.2, 0) is 24.5 Å². The molecule has 0 aliphatic rings. The first-order chi connectivity index (χ1) is 13.4. The molecule has 0 saturated heterocycles. The highest BCUT2D eigenvalue weighted by molar-refractivity contribution is 6.40. The number of rotatable bonds is 10. The minimum atomic E-state index is -0.491. The number of aliphatic hydroxyl groups excluding tert-OH is 1. The lowest BCUT2D eigenvalue weighted by atomic mass is 9.97. The Hall–Kier alpha value is -3.27. The zero-order valence-corrected chi connectivity index (χ0v) is 15.7. The lowest BCUT2D eigenvalue weighted by molar-refractivity contribution is -0.112. The lowest BCUT2D eigenvalue weighted by Gasteiger charge is -2.15. The van der Waals surface area contributed by atoms with E-state index in [4.69, 9.17) is 16.2 Å². The van der Waals surface area contributed by atoms with Crippen LogP contribution >= 0.6 is 0 Å². The van der Waals surface area contributed by atoms with Crippen molar-refractivity contribution >= 4 is 23.2 Å². The highest BCUT2D eigenvalue weighted by Gasteiger charge is 2.21. The summed E-state index contributed by atoms with van der Waals surface area (Å²) in [7, 11) is 0. The number of nitrogens with one attached hydrogen (secondary N) is 3. The number of nitrogen functional groups attached to an aromatic ring is 1. The maximum absolute atomic E-state index is 12.2. The van der Waals surface area contributed by atoms with Crippen LogP contribution in [0, 0.1) is 11.3 Å². The average molecular weight is 387 g/mol. The Morgan fingerprint density at radius 1 is 1.29 bits per heavy atom.